The molecule has 2 N–H and O–H groups in total. The van der Waals surface area contributed by atoms with Crippen LogP contribution in [0.2, 0.25) is 0 Å². The third-order valence-electron chi connectivity index (χ3n) is 2.69. The first-order valence-corrected chi connectivity index (χ1v) is 6.84. The molecular formula is C14H31NO. The van der Waals surface area contributed by atoms with E-state index in [1.54, 1.807) is 0 Å². The second-order valence-corrected chi connectivity index (χ2v) is 6.04. The van der Waals surface area contributed by atoms with Crippen LogP contribution in [0.4, 0.5) is 0 Å². The number of nitrogens with one attached hydrogen (secondary N) is 1. The Hall–Kier alpha value is -0.0800. The third kappa shape index (κ3) is 12.0. The van der Waals surface area contributed by atoms with Crippen LogP contribution >= 0.6 is 0 Å². The van der Waals surface area contributed by atoms with Crippen LogP contribution in [0.15, 0.2) is 0 Å². The van der Waals surface area contributed by atoms with Crippen LogP contribution in [0, 0.1) is 5.41 Å². The van der Waals surface area contributed by atoms with Crippen molar-refractivity contribution in [3.63, 3.8) is 0 Å². The van der Waals surface area contributed by atoms with E-state index in [1.807, 2.05) is 0 Å². The minimum atomic E-state index is -0.198. The van der Waals surface area contributed by atoms with Gasteiger partial charge in [0.1, 0.15) is 0 Å². The lowest BCUT2D eigenvalue weighted by Gasteiger charge is -2.22. The van der Waals surface area contributed by atoms with Crippen LogP contribution in [0.3, 0.4) is 0 Å². The molecule has 0 heterocycles. The molecule has 0 spiro atoms. The van der Waals surface area contributed by atoms with E-state index in [-0.39, 0.29) is 11.5 Å². The molecule has 16 heavy (non-hydrogen) atoms. The fourth-order valence-corrected chi connectivity index (χ4v) is 1.90. The molecular weight excluding hydrogens is 198 g/mol. The highest BCUT2D eigenvalue weighted by molar-refractivity contribution is 4.69. The third-order valence-corrected chi connectivity index (χ3v) is 2.69. The van der Waals surface area contributed by atoms with Gasteiger partial charge in [-0.3, -0.25) is 0 Å². The Balaban J connectivity index is 3.25. The zero-order valence-corrected chi connectivity index (χ0v) is 11.7. The number of aliphatic hydroxyl groups excluding tert-OH is 1. The smallest absolute Gasteiger partial charge is 0.0669 e. The summed E-state index contributed by atoms with van der Waals surface area (Å²) >= 11 is 0. The van der Waals surface area contributed by atoms with E-state index < -0.39 is 0 Å². The van der Waals surface area contributed by atoms with E-state index in [0.717, 1.165) is 19.5 Å². The average molecular weight is 229 g/mol. The summed E-state index contributed by atoms with van der Waals surface area (Å²) in [6.45, 7) is 10.5. The quantitative estimate of drug-likeness (QED) is 0.594. The molecule has 0 aliphatic heterocycles. The molecule has 1 unspecified atom stereocenters. The lowest BCUT2D eigenvalue weighted by atomic mass is 9.89. The lowest BCUT2D eigenvalue weighted by Crippen LogP contribution is -2.30. The first-order valence-electron chi connectivity index (χ1n) is 6.84. The molecule has 0 amide bonds. The van der Waals surface area contributed by atoms with Crippen molar-refractivity contribution in [2.75, 3.05) is 13.1 Å². The van der Waals surface area contributed by atoms with Gasteiger partial charge in [-0.2, -0.15) is 0 Å². The van der Waals surface area contributed by atoms with E-state index in [0.29, 0.717) is 0 Å². The van der Waals surface area contributed by atoms with Gasteiger partial charge in [0.25, 0.3) is 0 Å². The standard InChI is InChI=1S/C14H31NO/c1-5-6-7-8-9-10-15-12-13(16)11-14(2,3)4/h13,15-16H,5-12H2,1-4H3. The zero-order valence-electron chi connectivity index (χ0n) is 11.7. The number of unbranched alkanes of at least 4 members (excludes halogenated alkanes) is 4. The Morgan fingerprint density at radius 1 is 1.06 bits per heavy atom. The molecule has 0 aromatic carbocycles. The summed E-state index contributed by atoms with van der Waals surface area (Å²) in [5.74, 6) is 0. The van der Waals surface area contributed by atoms with Gasteiger partial charge in [0.05, 0.1) is 6.10 Å². The Labute approximate surface area is 102 Å². The van der Waals surface area contributed by atoms with Gasteiger partial charge in [-0.1, -0.05) is 53.4 Å². The number of hydrogen-bond donors (Lipinski definition) is 2. The van der Waals surface area contributed by atoms with Crippen molar-refractivity contribution in [1.29, 1.82) is 0 Å². The van der Waals surface area contributed by atoms with Crippen LogP contribution in [-0.2, 0) is 0 Å². The fraction of sp³-hybridized carbons (Fsp3) is 1.00. The monoisotopic (exact) mass is 229 g/mol. The molecule has 0 fully saturated rings. The minimum absolute atomic E-state index is 0.198. The first kappa shape index (κ1) is 15.9. The van der Waals surface area contributed by atoms with E-state index in [9.17, 15) is 5.11 Å². The molecule has 2 heteroatoms. The number of hydrogen-bond acceptors (Lipinski definition) is 2. The molecule has 0 aromatic rings. The maximum absolute atomic E-state index is 9.76. The molecule has 0 aliphatic rings. The van der Waals surface area contributed by atoms with Gasteiger partial charge in [-0.15, -0.1) is 0 Å². The van der Waals surface area contributed by atoms with Crippen molar-refractivity contribution in [3.8, 4) is 0 Å². The Kier molecular flexibility index (Phi) is 8.96. The second kappa shape index (κ2) is 9.00. The van der Waals surface area contributed by atoms with Crippen molar-refractivity contribution in [1.82, 2.24) is 5.32 Å². The van der Waals surface area contributed by atoms with Gasteiger partial charge in [0.2, 0.25) is 0 Å². The van der Waals surface area contributed by atoms with Crippen molar-refractivity contribution >= 4 is 0 Å². The van der Waals surface area contributed by atoms with Crippen LogP contribution in [0.25, 0.3) is 0 Å². The maximum atomic E-state index is 9.76. The summed E-state index contributed by atoms with van der Waals surface area (Å²) in [6, 6.07) is 0. The highest BCUT2D eigenvalue weighted by Crippen LogP contribution is 2.20. The molecule has 1 atom stereocenters. The zero-order chi connectivity index (χ0) is 12.4. The summed E-state index contributed by atoms with van der Waals surface area (Å²) in [5.41, 5.74) is 0.224. The minimum Gasteiger partial charge on any atom is -0.392 e. The van der Waals surface area contributed by atoms with E-state index in [4.69, 9.17) is 0 Å². The van der Waals surface area contributed by atoms with E-state index >= 15 is 0 Å². The Morgan fingerprint density at radius 2 is 1.69 bits per heavy atom. The SMILES string of the molecule is CCCCCCCNCC(O)CC(C)(C)C. The Bertz CT molecular complexity index is 151. The highest BCUT2D eigenvalue weighted by Gasteiger charge is 2.15. The van der Waals surface area contributed by atoms with Crippen LogP contribution in [0.5, 0.6) is 0 Å². The fourth-order valence-electron chi connectivity index (χ4n) is 1.90. The summed E-state index contributed by atoms with van der Waals surface area (Å²) < 4.78 is 0. The van der Waals surface area contributed by atoms with Gasteiger partial charge >= 0.3 is 0 Å². The van der Waals surface area contributed by atoms with Crippen molar-refractivity contribution < 1.29 is 5.11 Å². The normalized spacial score (nSPS) is 14.1. The topological polar surface area (TPSA) is 32.3 Å². The molecule has 0 radical (unpaired) electrons. The summed E-state index contributed by atoms with van der Waals surface area (Å²) in [6.07, 6.45) is 7.23. The number of rotatable bonds is 9. The molecule has 2 nitrogen and oxygen atoms in total. The maximum Gasteiger partial charge on any atom is 0.0669 e. The molecule has 0 aromatic heterocycles. The molecule has 0 saturated heterocycles. The molecule has 0 bridgehead atoms. The van der Waals surface area contributed by atoms with Crippen molar-refractivity contribution in [2.24, 2.45) is 5.41 Å². The molecule has 98 valence electrons. The van der Waals surface area contributed by atoms with Gasteiger partial charge in [0, 0.05) is 6.54 Å². The lowest BCUT2D eigenvalue weighted by molar-refractivity contribution is 0.120. The van der Waals surface area contributed by atoms with Gasteiger partial charge in [-0.05, 0) is 24.8 Å². The van der Waals surface area contributed by atoms with E-state index in [2.05, 4.69) is 33.0 Å². The van der Waals surface area contributed by atoms with Crippen LogP contribution in [-0.4, -0.2) is 24.3 Å². The average Bonchev–Trinajstić information content (AvgIpc) is 2.13. The Morgan fingerprint density at radius 3 is 2.25 bits per heavy atom. The molecule has 0 aliphatic carbocycles. The van der Waals surface area contributed by atoms with Gasteiger partial charge in [0.15, 0.2) is 0 Å². The summed E-state index contributed by atoms with van der Waals surface area (Å²) in [4.78, 5) is 0. The van der Waals surface area contributed by atoms with Crippen LogP contribution in [0.1, 0.15) is 66.2 Å². The van der Waals surface area contributed by atoms with Crippen molar-refractivity contribution in [3.05, 3.63) is 0 Å². The predicted octanol–water partition coefficient (Wildman–Crippen LogP) is 3.34. The molecule has 0 rings (SSSR count). The summed E-state index contributed by atoms with van der Waals surface area (Å²) in [7, 11) is 0. The highest BCUT2D eigenvalue weighted by atomic mass is 16.3. The summed E-state index contributed by atoms with van der Waals surface area (Å²) in [5, 5.41) is 13.1. The second-order valence-electron chi connectivity index (χ2n) is 6.04. The van der Waals surface area contributed by atoms with Crippen LogP contribution < -0.4 is 5.32 Å². The first-order chi connectivity index (χ1) is 7.45. The van der Waals surface area contributed by atoms with E-state index in [1.165, 1.54) is 32.1 Å². The van der Waals surface area contributed by atoms with Crippen molar-refractivity contribution in [2.45, 2.75) is 72.3 Å². The van der Waals surface area contributed by atoms with Gasteiger partial charge < -0.3 is 10.4 Å². The van der Waals surface area contributed by atoms with Gasteiger partial charge in [-0.25, -0.2) is 0 Å². The predicted molar refractivity (Wildman–Crippen MR) is 71.7 cm³/mol. The molecule has 0 saturated carbocycles. The number of aliphatic hydroxyl groups is 1. The largest absolute Gasteiger partial charge is 0.392 e.